The van der Waals surface area contributed by atoms with Crippen molar-refractivity contribution in [2.24, 2.45) is 5.92 Å². The molecule has 1 aromatic carbocycles. The van der Waals surface area contributed by atoms with Crippen molar-refractivity contribution in [1.82, 2.24) is 10.2 Å². The molecule has 1 amide bonds. The van der Waals surface area contributed by atoms with E-state index in [1.54, 1.807) is 0 Å². The Labute approximate surface area is 139 Å². The van der Waals surface area contributed by atoms with E-state index in [1.165, 1.54) is 6.42 Å². The van der Waals surface area contributed by atoms with Gasteiger partial charge in [0.15, 0.2) is 0 Å². The van der Waals surface area contributed by atoms with Gasteiger partial charge in [0, 0.05) is 18.7 Å². The van der Waals surface area contributed by atoms with Gasteiger partial charge in [-0.3, -0.25) is 4.79 Å². The fraction of sp³-hybridized carbons (Fsp3) is 0.588. The van der Waals surface area contributed by atoms with Crippen LogP contribution >= 0.6 is 12.4 Å². The van der Waals surface area contributed by atoms with E-state index in [0.29, 0.717) is 6.61 Å². The average molecular weight is 327 g/mol. The molecule has 1 heterocycles. The molecule has 0 atom stereocenters. The third kappa shape index (κ3) is 5.18. The predicted octanol–water partition coefficient (Wildman–Crippen LogP) is 2.97. The van der Waals surface area contributed by atoms with Gasteiger partial charge in [0.25, 0.3) is 5.91 Å². The normalized spacial score (nSPS) is 15.3. The smallest absolute Gasteiger partial charge is 0.253 e. The summed E-state index contributed by atoms with van der Waals surface area (Å²) in [6.07, 6.45) is 3.44. The van der Waals surface area contributed by atoms with Gasteiger partial charge in [0.05, 0.1) is 6.61 Å². The summed E-state index contributed by atoms with van der Waals surface area (Å²) in [4.78, 5) is 14.4. The predicted molar refractivity (Wildman–Crippen MR) is 92.0 cm³/mol. The molecule has 0 saturated carbocycles. The van der Waals surface area contributed by atoms with E-state index in [-0.39, 0.29) is 18.3 Å². The Balaban J connectivity index is 0.00000242. The monoisotopic (exact) mass is 326 g/mol. The number of amides is 1. The molecule has 1 aliphatic rings. The molecular weight excluding hydrogens is 300 g/mol. The van der Waals surface area contributed by atoms with E-state index >= 15 is 0 Å². The molecule has 2 rings (SSSR count). The summed E-state index contributed by atoms with van der Waals surface area (Å²) >= 11 is 0. The first-order valence-corrected chi connectivity index (χ1v) is 7.91. The van der Waals surface area contributed by atoms with Crippen LogP contribution in [-0.2, 0) is 0 Å². The average Bonchev–Trinajstić information content (AvgIpc) is 2.54. The Morgan fingerprint density at radius 3 is 2.45 bits per heavy atom. The summed E-state index contributed by atoms with van der Waals surface area (Å²) in [6, 6.07) is 7.47. The summed E-state index contributed by atoms with van der Waals surface area (Å²) in [5.74, 6) is 1.71. The molecule has 0 unspecified atom stereocenters. The van der Waals surface area contributed by atoms with Crippen LogP contribution in [0.15, 0.2) is 24.3 Å². The second-order valence-electron chi connectivity index (χ2n) is 5.59. The van der Waals surface area contributed by atoms with Gasteiger partial charge in [-0.25, -0.2) is 0 Å². The molecule has 1 aromatic rings. The fourth-order valence-corrected chi connectivity index (χ4v) is 2.82. The Morgan fingerprint density at radius 2 is 1.91 bits per heavy atom. The minimum atomic E-state index is 0. The molecule has 0 radical (unpaired) electrons. The molecule has 0 bridgehead atoms. The Kier molecular flexibility index (Phi) is 8.28. The number of carbonyl (C=O) groups is 1. The molecule has 0 spiro atoms. The van der Waals surface area contributed by atoms with Crippen molar-refractivity contribution >= 4 is 18.3 Å². The summed E-state index contributed by atoms with van der Waals surface area (Å²) in [5, 5.41) is 3.20. The van der Waals surface area contributed by atoms with Crippen LogP contribution in [0.3, 0.4) is 0 Å². The SMILES string of the molecule is CCOc1ccc(C(=O)N2CCC(CCNC)CC2)cc1.Cl. The number of ether oxygens (including phenoxy) is 1. The maximum absolute atomic E-state index is 12.5. The van der Waals surface area contributed by atoms with Crippen molar-refractivity contribution in [3.63, 3.8) is 0 Å². The minimum absolute atomic E-state index is 0. The second-order valence-corrected chi connectivity index (χ2v) is 5.59. The first-order chi connectivity index (χ1) is 10.2. The summed E-state index contributed by atoms with van der Waals surface area (Å²) in [6.45, 7) is 5.42. The zero-order valence-electron chi connectivity index (χ0n) is 13.5. The number of hydrogen-bond donors (Lipinski definition) is 1. The number of piperidine rings is 1. The highest BCUT2D eigenvalue weighted by Gasteiger charge is 2.23. The molecule has 1 saturated heterocycles. The number of halogens is 1. The van der Waals surface area contributed by atoms with Gasteiger partial charge in [0.1, 0.15) is 5.75 Å². The van der Waals surface area contributed by atoms with Gasteiger partial charge < -0.3 is 15.0 Å². The van der Waals surface area contributed by atoms with Crippen LogP contribution in [0, 0.1) is 5.92 Å². The fourth-order valence-electron chi connectivity index (χ4n) is 2.82. The quantitative estimate of drug-likeness (QED) is 0.874. The maximum atomic E-state index is 12.5. The summed E-state index contributed by atoms with van der Waals surface area (Å²) < 4.78 is 5.41. The lowest BCUT2D eigenvalue weighted by Crippen LogP contribution is -2.38. The number of carbonyl (C=O) groups excluding carboxylic acids is 1. The zero-order chi connectivity index (χ0) is 15.1. The van der Waals surface area contributed by atoms with Crippen LogP contribution in [0.5, 0.6) is 5.75 Å². The molecule has 1 N–H and O–H groups in total. The van der Waals surface area contributed by atoms with Gasteiger partial charge >= 0.3 is 0 Å². The zero-order valence-corrected chi connectivity index (χ0v) is 14.3. The van der Waals surface area contributed by atoms with Gasteiger partial charge in [-0.15, -0.1) is 12.4 Å². The summed E-state index contributed by atoms with van der Waals surface area (Å²) in [5.41, 5.74) is 0.757. The number of nitrogens with one attached hydrogen (secondary N) is 1. The van der Waals surface area contributed by atoms with Gasteiger partial charge in [-0.1, -0.05) is 0 Å². The minimum Gasteiger partial charge on any atom is -0.494 e. The summed E-state index contributed by atoms with van der Waals surface area (Å²) in [7, 11) is 1.99. The standard InChI is InChI=1S/C17H26N2O2.ClH/c1-3-21-16-6-4-15(5-7-16)17(20)19-12-9-14(10-13-19)8-11-18-2;/h4-7,14,18H,3,8-13H2,1-2H3;1H. The number of rotatable bonds is 6. The van der Waals surface area contributed by atoms with Gasteiger partial charge in [0.2, 0.25) is 0 Å². The Hall–Kier alpha value is -1.26. The molecule has 4 nitrogen and oxygen atoms in total. The molecular formula is C17H27ClN2O2. The Morgan fingerprint density at radius 1 is 1.27 bits per heavy atom. The lowest BCUT2D eigenvalue weighted by molar-refractivity contribution is 0.0687. The van der Waals surface area contributed by atoms with E-state index in [2.05, 4.69) is 5.32 Å². The maximum Gasteiger partial charge on any atom is 0.253 e. The topological polar surface area (TPSA) is 41.6 Å². The molecule has 22 heavy (non-hydrogen) atoms. The third-order valence-corrected chi connectivity index (χ3v) is 4.12. The van der Waals surface area contributed by atoms with Crippen LogP contribution < -0.4 is 10.1 Å². The van der Waals surface area contributed by atoms with E-state index in [0.717, 1.165) is 49.7 Å². The van der Waals surface area contributed by atoms with Crippen molar-refractivity contribution in [2.45, 2.75) is 26.2 Å². The van der Waals surface area contributed by atoms with Crippen LogP contribution in [0.2, 0.25) is 0 Å². The number of hydrogen-bond acceptors (Lipinski definition) is 3. The lowest BCUT2D eigenvalue weighted by Gasteiger charge is -2.32. The van der Waals surface area contributed by atoms with Crippen molar-refractivity contribution < 1.29 is 9.53 Å². The Bertz CT molecular complexity index is 442. The van der Waals surface area contributed by atoms with Gasteiger partial charge in [-0.2, -0.15) is 0 Å². The first kappa shape index (κ1) is 18.8. The van der Waals surface area contributed by atoms with Crippen LogP contribution in [-0.4, -0.2) is 44.1 Å². The highest BCUT2D eigenvalue weighted by atomic mass is 35.5. The molecule has 0 aromatic heterocycles. The number of likely N-dealkylation sites (tertiary alicyclic amines) is 1. The molecule has 1 fully saturated rings. The lowest BCUT2D eigenvalue weighted by atomic mass is 9.93. The highest BCUT2D eigenvalue weighted by molar-refractivity contribution is 5.94. The molecule has 124 valence electrons. The van der Waals surface area contributed by atoms with Crippen molar-refractivity contribution in [3.8, 4) is 5.75 Å². The van der Waals surface area contributed by atoms with Crippen LogP contribution in [0.1, 0.15) is 36.5 Å². The van der Waals surface area contributed by atoms with Crippen LogP contribution in [0.25, 0.3) is 0 Å². The highest BCUT2D eigenvalue weighted by Crippen LogP contribution is 2.22. The molecule has 5 heteroatoms. The van der Waals surface area contributed by atoms with E-state index in [9.17, 15) is 4.79 Å². The third-order valence-electron chi connectivity index (χ3n) is 4.12. The number of benzene rings is 1. The molecule has 0 aliphatic carbocycles. The largest absolute Gasteiger partial charge is 0.494 e. The van der Waals surface area contributed by atoms with Crippen LogP contribution in [0.4, 0.5) is 0 Å². The van der Waals surface area contributed by atoms with Crippen molar-refractivity contribution in [1.29, 1.82) is 0 Å². The second kappa shape index (κ2) is 9.70. The van der Waals surface area contributed by atoms with Gasteiger partial charge in [-0.05, 0) is 70.0 Å². The van der Waals surface area contributed by atoms with E-state index in [4.69, 9.17) is 4.74 Å². The molecule has 1 aliphatic heterocycles. The van der Waals surface area contributed by atoms with E-state index < -0.39 is 0 Å². The number of nitrogens with zero attached hydrogens (tertiary/aromatic N) is 1. The van der Waals surface area contributed by atoms with E-state index in [1.807, 2.05) is 43.1 Å². The van der Waals surface area contributed by atoms with Crippen molar-refractivity contribution in [2.75, 3.05) is 33.3 Å². The first-order valence-electron chi connectivity index (χ1n) is 7.91. The van der Waals surface area contributed by atoms with Crippen molar-refractivity contribution in [3.05, 3.63) is 29.8 Å².